The van der Waals surface area contributed by atoms with Crippen LogP contribution < -0.4 is 15.4 Å². The fraction of sp³-hybridized carbons (Fsp3) is 0.500. The third-order valence-corrected chi connectivity index (χ3v) is 3.40. The van der Waals surface area contributed by atoms with E-state index in [4.69, 9.17) is 4.74 Å². The molecular formula is C14H20N2O4. The van der Waals surface area contributed by atoms with E-state index in [1.165, 1.54) is 0 Å². The lowest BCUT2D eigenvalue weighted by atomic mass is 10.00. The quantitative estimate of drug-likeness (QED) is 0.627. The molecule has 0 aromatic heterocycles. The first kappa shape index (κ1) is 14.8. The molecule has 0 spiro atoms. The van der Waals surface area contributed by atoms with Crippen molar-refractivity contribution in [2.75, 3.05) is 25.1 Å². The van der Waals surface area contributed by atoms with Gasteiger partial charge in [-0.3, -0.25) is 4.79 Å². The third kappa shape index (κ3) is 3.09. The molecule has 1 heterocycles. The van der Waals surface area contributed by atoms with Crippen molar-refractivity contribution in [3.63, 3.8) is 0 Å². The molecule has 0 bridgehead atoms. The first-order chi connectivity index (χ1) is 9.47. The maximum absolute atomic E-state index is 11.3. The van der Waals surface area contributed by atoms with Gasteiger partial charge in [-0.1, -0.05) is 6.07 Å². The van der Waals surface area contributed by atoms with E-state index in [1.54, 1.807) is 13.0 Å². The van der Waals surface area contributed by atoms with Crippen LogP contribution in [0.5, 0.6) is 5.75 Å². The summed E-state index contributed by atoms with van der Waals surface area (Å²) in [4.78, 5) is 11.3. The number of carbonyl (C=O) groups is 1. The maximum Gasteiger partial charge on any atom is 0.262 e. The van der Waals surface area contributed by atoms with E-state index in [0.717, 1.165) is 5.56 Å². The summed E-state index contributed by atoms with van der Waals surface area (Å²) in [6, 6.07) is 5.43. The van der Waals surface area contributed by atoms with E-state index in [1.807, 2.05) is 19.1 Å². The number of anilines is 1. The van der Waals surface area contributed by atoms with Crippen molar-refractivity contribution in [2.45, 2.75) is 25.4 Å². The molecule has 110 valence electrons. The molecule has 1 atom stereocenters. The number of ether oxygens (including phenoxy) is 1. The average molecular weight is 280 g/mol. The minimum atomic E-state index is -0.755. The molecule has 6 heteroatoms. The predicted molar refractivity (Wildman–Crippen MR) is 74.7 cm³/mol. The summed E-state index contributed by atoms with van der Waals surface area (Å²) >= 11 is 0. The second-order valence-corrected chi connectivity index (χ2v) is 5.34. The molecule has 20 heavy (non-hydrogen) atoms. The summed E-state index contributed by atoms with van der Waals surface area (Å²) in [5.74, 6) is 0.471. The van der Waals surface area contributed by atoms with Crippen LogP contribution in [0, 0.1) is 0 Å². The predicted octanol–water partition coefficient (Wildman–Crippen LogP) is 0.411. The number of carbonyl (C=O) groups excluding carboxylic acids is 1. The zero-order chi connectivity index (χ0) is 14.8. The third-order valence-electron chi connectivity index (χ3n) is 3.40. The largest absolute Gasteiger partial charge is 0.482 e. The summed E-state index contributed by atoms with van der Waals surface area (Å²) in [6.45, 7) is 3.37. The molecule has 1 aromatic carbocycles. The van der Waals surface area contributed by atoms with E-state index in [0.29, 0.717) is 11.4 Å². The molecule has 4 N–H and O–H groups in total. The topological polar surface area (TPSA) is 90.8 Å². The first-order valence-corrected chi connectivity index (χ1v) is 6.53. The van der Waals surface area contributed by atoms with Crippen molar-refractivity contribution >= 4 is 11.6 Å². The molecule has 6 nitrogen and oxygen atoms in total. The summed E-state index contributed by atoms with van der Waals surface area (Å²) in [7, 11) is 0. The van der Waals surface area contributed by atoms with Gasteiger partial charge in [-0.25, -0.2) is 0 Å². The summed E-state index contributed by atoms with van der Waals surface area (Å²) < 4.78 is 5.30. The van der Waals surface area contributed by atoms with Crippen LogP contribution in [0.25, 0.3) is 0 Å². The van der Waals surface area contributed by atoms with Crippen LogP contribution in [0.4, 0.5) is 5.69 Å². The second kappa shape index (κ2) is 5.78. The van der Waals surface area contributed by atoms with Crippen LogP contribution in [0.2, 0.25) is 0 Å². The van der Waals surface area contributed by atoms with Crippen LogP contribution in [-0.2, 0) is 4.79 Å². The van der Waals surface area contributed by atoms with Crippen molar-refractivity contribution in [2.24, 2.45) is 0 Å². The molecule has 1 aliphatic rings. The second-order valence-electron chi connectivity index (χ2n) is 5.34. The number of aliphatic hydroxyl groups is 2. The van der Waals surface area contributed by atoms with Gasteiger partial charge in [0.15, 0.2) is 6.61 Å². The Bertz CT molecular complexity index is 500. The lowest BCUT2D eigenvalue weighted by molar-refractivity contribution is -0.118. The number of aliphatic hydroxyl groups excluding tert-OH is 2. The number of fused-ring (bicyclic) bond motifs is 1. The van der Waals surface area contributed by atoms with Crippen molar-refractivity contribution in [3.8, 4) is 5.75 Å². The molecule has 0 saturated carbocycles. The Hall–Kier alpha value is -1.63. The zero-order valence-corrected chi connectivity index (χ0v) is 11.6. The van der Waals surface area contributed by atoms with E-state index in [-0.39, 0.29) is 31.8 Å². The highest BCUT2D eigenvalue weighted by Gasteiger charge is 2.25. The Morgan fingerprint density at radius 3 is 2.80 bits per heavy atom. The van der Waals surface area contributed by atoms with Crippen LogP contribution in [0.1, 0.15) is 25.5 Å². The van der Waals surface area contributed by atoms with E-state index < -0.39 is 5.54 Å². The number of benzene rings is 1. The molecule has 1 unspecified atom stereocenters. The number of nitrogens with one attached hydrogen (secondary N) is 2. The van der Waals surface area contributed by atoms with Crippen molar-refractivity contribution < 1.29 is 19.7 Å². The number of rotatable bonds is 5. The highest BCUT2D eigenvalue weighted by molar-refractivity contribution is 5.95. The fourth-order valence-electron chi connectivity index (χ4n) is 2.12. The minimum Gasteiger partial charge on any atom is -0.482 e. The van der Waals surface area contributed by atoms with Crippen molar-refractivity contribution in [1.82, 2.24) is 5.32 Å². The normalized spacial score (nSPS) is 16.1. The molecular weight excluding hydrogens is 260 g/mol. The fourth-order valence-corrected chi connectivity index (χ4v) is 2.12. The Kier molecular flexibility index (Phi) is 4.27. The van der Waals surface area contributed by atoms with Gasteiger partial charge in [0.1, 0.15) is 5.75 Å². The molecule has 0 aliphatic carbocycles. The summed E-state index contributed by atoms with van der Waals surface area (Å²) in [6.07, 6.45) is 0. The van der Waals surface area contributed by atoms with Gasteiger partial charge in [0.2, 0.25) is 0 Å². The highest BCUT2D eigenvalue weighted by Crippen LogP contribution is 2.30. The van der Waals surface area contributed by atoms with Gasteiger partial charge < -0.3 is 25.6 Å². The molecule has 1 aliphatic heterocycles. The van der Waals surface area contributed by atoms with Crippen LogP contribution in [0.3, 0.4) is 0 Å². The van der Waals surface area contributed by atoms with Gasteiger partial charge in [0, 0.05) is 6.04 Å². The van der Waals surface area contributed by atoms with Gasteiger partial charge in [-0.15, -0.1) is 0 Å². The van der Waals surface area contributed by atoms with Gasteiger partial charge >= 0.3 is 0 Å². The SMILES string of the molecule is CC(NC(C)(CO)CO)c1ccc2c(c1)NC(=O)CO2. The molecule has 1 amide bonds. The molecule has 2 rings (SSSR count). The molecule has 0 saturated heterocycles. The Morgan fingerprint density at radius 2 is 2.15 bits per heavy atom. The summed E-state index contributed by atoms with van der Waals surface area (Å²) in [5.41, 5.74) is 0.819. The van der Waals surface area contributed by atoms with Crippen molar-refractivity contribution in [3.05, 3.63) is 23.8 Å². The number of hydrogen-bond acceptors (Lipinski definition) is 5. The summed E-state index contributed by atoms with van der Waals surface area (Å²) in [5, 5.41) is 24.5. The zero-order valence-electron chi connectivity index (χ0n) is 11.6. The molecule has 1 aromatic rings. The molecule has 0 radical (unpaired) electrons. The van der Waals surface area contributed by atoms with Crippen LogP contribution >= 0.6 is 0 Å². The van der Waals surface area contributed by atoms with E-state index in [2.05, 4.69) is 10.6 Å². The Morgan fingerprint density at radius 1 is 1.45 bits per heavy atom. The maximum atomic E-state index is 11.3. The van der Waals surface area contributed by atoms with Gasteiger partial charge in [0.05, 0.1) is 24.4 Å². The number of amides is 1. The van der Waals surface area contributed by atoms with E-state index in [9.17, 15) is 15.0 Å². The number of hydrogen-bond donors (Lipinski definition) is 4. The smallest absolute Gasteiger partial charge is 0.262 e. The lowest BCUT2D eigenvalue weighted by Crippen LogP contribution is -2.49. The van der Waals surface area contributed by atoms with E-state index >= 15 is 0 Å². The average Bonchev–Trinajstić information content (AvgIpc) is 2.46. The van der Waals surface area contributed by atoms with Crippen LogP contribution in [-0.4, -0.2) is 41.5 Å². The van der Waals surface area contributed by atoms with Gasteiger partial charge in [0.25, 0.3) is 5.91 Å². The molecule has 0 fully saturated rings. The van der Waals surface area contributed by atoms with Gasteiger partial charge in [-0.2, -0.15) is 0 Å². The minimum absolute atomic E-state index is 0.0350. The lowest BCUT2D eigenvalue weighted by Gasteiger charge is -2.31. The van der Waals surface area contributed by atoms with Crippen molar-refractivity contribution in [1.29, 1.82) is 0 Å². The monoisotopic (exact) mass is 280 g/mol. The van der Waals surface area contributed by atoms with Gasteiger partial charge in [-0.05, 0) is 31.5 Å². The van der Waals surface area contributed by atoms with Crippen LogP contribution in [0.15, 0.2) is 18.2 Å². The highest BCUT2D eigenvalue weighted by atomic mass is 16.5. The standard InChI is InChI=1S/C14H20N2O4/c1-9(16-14(2,7-17)8-18)10-3-4-12-11(5-10)15-13(19)6-20-12/h3-5,9,16-18H,6-8H2,1-2H3,(H,15,19). The Balaban J connectivity index is 2.17. The first-order valence-electron chi connectivity index (χ1n) is 6.53. The Labute approximate surface area is 117 Å².